The minimum absolute atomic E-state index is 0.810. The number of rotatable bonds is 1. The van der Waals surface area contributed by atoms with E-state index in [2.05, 4.69) is 54.3 Å². The number of H-pyrrole nitrogens is 2. The molecule has 0 amide bonds. The molecule has 3 aromatic carbocycles. The van der Waals surface area contributed by atoms with Crippen molar-refractivity contribution in [3.8, 4) is 0 Å². The number of aryl methyl sites for hydroxylation is 3. The van der Waals surface area contributed by atoms with Crippen LogP contribution in [-0.4, -0.2) is 17.0 Å². The molecule has 0 aliphatic carbocycles. The van der Waals surface area contributed by atoms with Gasteiger partial charge in [0.15, 0.2) is 22.3 Å². The number of aromatic nitrogens is 2. The lowest BCUT2D eigenvalue weighted by atomic mass is 10.1. The number of nitrogens with one attached hydrogen (secondary N) is 3. The summed E-state index contributed by atoms with van der Waals surface area (Å²) in [5.74, 6) is 0. The lowest BCUT2D eigenvalue weighted by Gasteiger charge is -2.13. The van der Waals surface area contributed by atoms with E-state index < -0.39 is 0 Å². The quantitative estimate of drug-likeness (QED) is 0.311. The second-order valence-corrected chi connectivity index (χ2v) is 7.07. The standard InChI is InChI=1S/C22H21N3O2/c1-11-5-7-15-17(9-11)26-21-12(2)20-22(13(3)19(21)24-15)27-18-10-14(23-4)6-8-16(18)25-20/h5-10,23-25H,1-4H3. The molecule has 5 aromatic rings. The SMILES string of the molecule is CNc1ccc2[nH]c3c(C)c4oc5cc(C)ccc5[nH]c4c(C)c3oc2c1. The molecule has 3 N–H and O–H groups in total. The number of hydrogen-bond donors (Lipinski definition) is 3. The third kappa shape index (κ3) is 2.31. The van der Waals surface area contributed by atoms with Gasteiger partial charge in [-0.15, -0.1) is 0 Å². The van der Waals surface area contributed by atoms with Crippen LogP contribution in [0.25, 0.3) is 44.4 Å². The molecule has 0 atom stereocenters. The summed E-state index contributed by atoms with van der Waals surface area (Å²) >= 11 is 0. The topological polar surface area (TPSA) is 69.9 Å². The molecule has 0 saturated heterocycles. The Hall–Kier alpha value is -3.34. The van der Waals surface area contributed by atoms with E-state index in [1.54, 1.807) is 0 Å². The van der Waals surface area contributed by atoms with Crippen LogP contribution in [0.1, 0.15) is 16.7 Å². The fourth-order valence-electron chi connectivity index (χ4n) is 3.67. The summed E-state index contributed by atoms with van der Waals surface area (Å²) in [6, 6.07) is 12.2. The van der Waals surface area contributed by atoms with Crippen molar-refractivity contribution in [2.75, 3.05) is 12.4 Å². The Morgan fingerprint density at radius 3 is 1.89 bits per heavy atom. The highest BCUT2D eigenvalue weighted by atomic mass is 16.3. The summed E-state index contributed by atoms with van der Waals surface area (Å²) in [6.07, 6.45) is 0. The van der Waals surface area contributed by atoms with Crippen LogP contribution in [0.3, 0.4) is 0 Å². The van der Waals surface area contributed by atoms with E-state index in [0.717, 1.165) is 61.2 Å². The zero-order valence-corrected chi connectivity index (χ0v) is 15.8. The fourth-order valence-corrected chi connectivity index (χ4v) is 3.67. The van der Waals surface area contributed by atoms with Crippen molar-refractivity contribution < 1.29 is 8.83 Å². The maximum atomic E-state index is 6.31. The smallest absolute Gasteiger partial charge is 0.156 e. The first kappa shape index (κ1) is 15.9. The second kappa shape index (κ2) is 5.58. The molecule has 0 unspecified atom stereocenters. The Morgan fingerprint density at radius 2 is 1.30 bits per heavy atom. The summed E-state index contributed by atoms with van der Waals surface area (Å²) in [7, 11) is 1.90. The maximum absolute atomic E-state index is 6.31. The largest absolute Gasteiger partial charge is 0.453 e. The Labute approximate surface area is 155 Å². The van der Waals surface area contributed by atoms with Crippen LogP contribution < -0.4 is 5.32 Å². The lowest BCUT2D eigenvalue weighted by Crippen LogP contribution is -1.95. The normalized spacial score (nSPS) is 11.7. The van der Waals surface area contributed by atoms with Crippen LogP contribution in [0.5, 0.6) is 0 Å². The summed E-state index contributed by atoms with van der Waals surface area (Å²) in [5, 5.41) is 3.15. The maximum Gasteiger partial charge on any atom is 0.156 e. The number of aromatic amines is 2. The van der Waals surface area contributed by atoms with E-state index in [4.69, 9.17) is 8.83 Å². The third-order valence-electron chi connectivity index (χ3n) is 5.24. The molecule has 2 aromatic heterocycles. The zero-order valence-electron chi connectivity index (χ0n) is 15.8. The van der Waals surface area contributed by atoms with Crippen LogP contribution >= 0.6 is 0 Å². The first-order valence-corrected chi connectivity index (χ1v) is 9.04. The molecule has 5 heteroatoms. The van der Waals surface area contributed by atoms with Crippen molar-refractivity contribution in [3.05, 3.63) is 53.1 Å². The number of hydrogen-bond acceptors (Lipinski definition) is 3. The Balaban J connectivity index is 1.95. The van der Waals surface area contributed by atoms with Gasteiger partial charge in [0.05, 0.1) is 22.1 Å². The van der Waals surface area contributed by atoms with Gasteiger partial charge in [-0.25, -0.2) is 0 Å². The predicted octanol–water partition coefficient (Wildman–Crippen LogP) is 6.23. The van der Waals surface area contributed by atoms with Gasteiger partial charge in [0.2, 0.25) is 0 Å². The summed E-state index contributed by atoms with van der Waals surface area (Å²) in [6.45, 7) is 6.18. The molecular formula is C22H21N3O2. The number of fused-ring (bicyclic) bond motifs is 4. The van der Waals surface area contributed by atoms with Crippen molar-refractivity contribution in [2.24, 2.45) is 0 Å². The molecule has 0 spiro atoms. The average Bonchev–Trinajstić information content (AvgIpc) is 2.69. The third-order valence-corrected chi connectivity index (χ3v) is 5.24. The van der Waals surface area contributed by atoms with Crippen molar-refractivity contribution in [1.29, 1.82) is 0 Å². The van der Waals surface area contributed by atoms with Crippen LogP contribution in [0, 0.1) is 20.8 Å². The first-order chi connectivity index (χ1) is 13.0. The zero-order chi connectivity index (χ0) is 18.7. The highest BCUT2D eigenvalue weighted by Gasteiger charge is 2.16. The molecule has 5 rings (SSSR count). The van der Waals surface area contributed by atoms with Crippen LogP contribution in [0.15, 0.2) is 45.2 Å². The molecule has 0 aliphatic heterocycles. The van der Waals surface area contributed by atoms with Gasteiger partial charge >= 0.3 is 0 Å². The Kier molecular flexibility index (Phi) is 3.28. The van der Waals surface area contributed by atoms with E-state index >= 15 is 0 Å². The van der Waals surface area contributed by atoms with Crippen molar-refractivity contribution in [2.45, 2.75) is 20.8 Å². The summed E-state index contributed by atoms with van der Waals surface area (Å²) in [5.41, 5.74) is 11.4. The molecular weight excluding hydrogens is 338 g/mol. The highest BCUT2D eigenvalue weighted by molar-refractivity contribution is 6.00. The van der Waals surface area contributed by atoms with Crippen molar-refractivity contribution in [1.82, 2.24) is 9.97 Å². The molecule has 0 fully saturated rings. The van der Waals surface area contributed by atoms with E-state index in [9.17, 15) is 0 Å². The Bertz CT molecular complexity index is 1390. The molecule has 0 bridgehead atoms. The van der Waals surface area contributed by atoms with E-state index in [0.29, 0.717) is 0 Å². The van der Waals surface area contributed by atoms with Crippen LogP contribution in [-0.2, 0) is 0 Å². The van der Waals surface area contributed by atoms with Gasteiger partial charge in [0.25, 0.3) is 0 Å². The minimum Gasteiger partial charge on any atom is -0.453 e. The van der Waals surface area contributed by atoms with Crippen molar-refractivity contribution >= 4 is 50.1 Å². The van der Waals surface area contributed by atoms with Gasteiger partial charge < -0.3 is 24.1 Å². The van der Waals surface area contributed by atoms with Crippen LogP contribution in [0.4, 0.5) is 5.69 Å². The van der Waals surface area contributed by atoms with Gasteiger partial charge in [-0.2, -0.15) is 0 Å². The summed E-state index contributed by atoms with van der Waals surface area (Å²) in [4.78, 5) is 7.05. The van der Waals surface area contributed by atoms with E-state index in [1.807, 2.05) is 25.2 Å². The Morgan fingerprint density at radius 1 is 0.741 bits per heavy atom. The minimum atomic E-state index is 0.810. The average molecular weight is 359 g/mol. The number of anilines is 1. The highest BCUT2D eigenvalue weighted by Crippen LogP contribution is 2.34. The first-order valence-electron chi connectivity index (χ1n) is 9.04. The molecule has 0 radical (unpaired) electrons. The van der Waals surface area contributed by atoms with Gasteiger partial charge in [0.1, 0.15) is 0 Å². The van der Waals surface area contributed by atoms with Gasteiger partial charge in [-0.05, 0) is 50.6 Å². The molecule has 27 heavy (non-hydrogen) atoms. The monoisotopic (exact) mass is 359 g/mol. The molecule has 2 heterocycles. The van der Waals surface area contributed by atoms with Crippen LogP contribution in [0.2, 0.25) is 0 Å². The number of benzene rings is 3. The van der Waals surface area contributed by atoms with Gasteiger partial charge in [-0.3, -0.25) is 0 Å². The lowest BCUT2D eigenvalue weighted by molar-refractivity contribution is 0.643. The van der Waals surface area contributed by atoms with Crippen molar-refractivity contribution in [3.63, 3.8) is 0 Å². The predicted molar refractivity (Wildman–Crippen MR) is 111 cm³/mol. The van der Waals surface area contributed by atoms with Gasteiger partial charge in [0, 0.05) is 29.9 Å². The molecule has 0 aliphatic rings. The fraction of sp³-hybridized carbons (Fsp3) is 0.182. The molecule has 5 nitrogen and oxygen atoms in total. The van der Waals surface area contributed by atoms with Gasteiger partial charge in [-0.1, -0.05) is 6.07 Å². The van der Waals surface area contributed by atoms with E-state index in [1.165, 1.54) is 5.56 Å². The molecule has 136 valence electrons. The van der Waals surface area contributed by atoms with E-state index in [-0.39, 0.29) is 0 Å². The molecule has 0 saturated carbocycles. The summed E-state index contributed by atoms with van der Waals surface area (Å²) < 4.78 is 12.6. The second-order valence-electron chi connectivity index (χ2n) is 7.07.